The minimum absolute atomic E-state index is 0.349. The maximum absolute atomic E-state index is 12.6. The van der Waals surface area contributed by atoms with Crippen LogP contribution < -0.4 is 10.6 Å². The summed E-state index contributed by atoms with van der Waals surface area (Å²) in [5.41, 5.74) is 3.02. The molecule has 1 aliphatic rings. The van der Waals surface area contributed by atoms with E-state index < -0.39 is 10.0 Å². The molecule has 1 aromatic heterocycles. The van der Waals surface area contributed by atoms with Gasteiger partial charge in [-0.05, 0) is 37.0 Å². The third-order valence-electron chi connectivity index (χ3n) is 5.35. The number of aromatic nitrogens is 1. The van der Waals surface area contributed by atoms with Crippen LogP contribution in [0.25, 0.3) is 0 Å². The van der Waals surface area contributed by atoms with Crippen LogP contribution in [0.1, 0.15) is 49.3 Å². The molecule has 1 aromatic carbocycles. The first-order valence-electron chi connectivity index (χ1n) is 10.5. The van der Waals surface area contributed by atoms with Gasteiger partial charge >= 0.3 is 0 Å². The predicted octanol–water partition coefficient (Wildman–Crippen LogP) is 2.45. The molecule has 8 nitrogen and oxygen atoms in total. The van der Waals surface area contributed by atoms with Gasteiger partial charge in [0.15, 0.2) is 5.96 Å². The highest BCUT2D eigenvalue weighted by atomic mass is 32.2. The topological polar surface area (TPSA) is 99.8 Å². The molecular weight excluding hydrogens is 402 g/mol. The minimum atomic E-state index is -3.38. The summed E-state index contributed by atoms with van der Waals surface area (Å²) in [4.78, 5) is 4.61. The van der Waals surface area contributed by atoms with E-state index in [1.54, 1.807) is 23.5 Å². The largest absolute Gasteiger partial charge is 0.361 e. The monoisotopic (exact) mass is 433 g/mol. The van der Waals surface area contributed by atoms with Crippen LogP contribution in [-0.4, -0.2) is 44.0 Å². The van der Waals surface area contributed by atoms with Crippen molar-refractivity contribution in [3.05, 3.63) is 46.8 Å². The van der Waals surface area contributed by atoms with Gasteiger partial charge in [0.2, 0.25) is 10.0 Å². The molecular formula is C21H31N5O3S. The van der Waals surface area contributed by atoms with Gasteiger partial charge in [-0.1, -0.05) is 31.1 Å². The molecule has 0 atom stereocenters. The summed E-state index contributed by atoms with van der Waals surface area (Å²) in [6.45, 7) is 6.45. The number of hydrogen-bond donors (Lipinski definition) is 2. The molecule has 0 spiro atoms. The van der Waals surface area contributed by atoms with Gasteiger partial charge in [-0.15, -0.1) is 0 Å². The van der Waals surface area contributed by atoms with Crippen molar-refractivity contribution >= 4 is 16.0 Å². The standard InChI is InChI=1S/C21H31N5O3S/c1-4-19-18(20(5-2)29-25-19)15-24-21(22-3)23-14-16-8-10-17(11-9-16)30(27,28)26-12-6-7-13-26/h8-11H,4-7,12-15H2,1-3H3,(H2,22,23,24). The molecule has 164 valence electrons. The number of guanidine groups is 1. The number of nitrogens with zero attached hydrogens (tertiary/aromatic N) is 3. The number of aliphatic imine (C=N–C) groups is 1. The molecule has 0 unspecified atom stereocenters. The lowest BCUT2D eigenvalue weighted by atomic mass is 10.1. The van der Waals surface area contributed by atoms with Crippen molar-refractivity contribution in [1.29, 1.82) is 0 Å². The molecule has 2 N–H and O–H groups in total. The molecule has 0 radical (unpaired) electrons. The maximum atomic E-state index is 12.6. The van der Waals surface area contributed by atoms with E-state index in [4.69, 9.17) is 4.52 Å². The van der Waals surface area contributed by atoms with Gasteiger partial charge in [0.25, 0.3) is 0 Å². The third-order valence-corrected chi connectivity index (χ3v) is 7.26. The van der Waals surface area contributed by atoms with Crippen LogP contribution in [0.2, 0.25) is 0 Å². The summed E-state index contributed by atoms with van der Waals surface area (Å²) in [5.74, 6) is 1.55. The van der Waals surface area contributed by atoms with Crippen LogP contribution in [0.15, 0.2) is 38.7 Å². The summed E-state index contributed by atoms with van der Waals surface area (Å²) in [7, 11) is -1.66. The van der Waals surface area contributed by atoms with Crippen LogP contribution in [0.4, 0.5) is 0 Å². The lowest BCUT2D eigenvalue weighted by molar-refractivity contribution is 0.380. The Balaban J connectivity index is 1.57. The van der Waals surface area contributed by atoms with Crippen molar-refractivity contribution < 1.29 is 12.9 Å². The second-order valence-electron chi connectivity index (χ2n) is 7.27. The first kappa shape index (κ1) is 22.3. The van der Waals surface area contributed by atoms with E-state index in [1.807, 2.05) is 19.1 Å². The van der Waals surface area contributed by atoms with Crippen molar-refractivity contribution in [2.75, 3.05) is 20.1 Å². The summed E-state index contributed by atoms with van der Waals surface area (Å²) in [6.07, 6.45) is 3.48. The maximum Gasteiger partial charge on any atom is 0.243 e. The van der Waals surface area contributed by atoms with E-state index in [1.165, 1.54) is 0 Å². The van der Waals surface area contributed by atoms with Crippen LogP contribution in [0, 0.1) is 0 Å². The van der Waals surface area contributed by atoms with E-state index in [2.05, 4.69) is 27.7 Å². The fourth-order valence-electron chi connectivity index (χ4n) is 3.57. The van der Waals surface area contributed by atoms with E-state index in [-0.39, 0.29) is 0 Å². The van der Waals surface area contributed by atoms with Gasteiger partial charge in [0.05, 0.1) is 10.6 Å². The molecule has 0 amide bonds. The van der Waals surface area contributed by atoms with Gasteiger partial charge in [-0.25, -0.2) is 8.42 Å². The first-order valence-corrected chi connectivity index (χ1v) is 11.9. The fourth-order valence-corrected chi connectivity index (χ4v) is 5.09. The van der Waals surface area contributed by atoms with Gasteiger partial charge in [-0.2, -0.15) is 4.31 Å². The van der Waals surface area contributed by atoms with Crippen LogP contribution in [0.3, 0.4) is 0 Å². The Kier molecular flexibility index (Phi) is 7.49. The molecule has 0 aliphatic carbocycles. The van der Waals surface area contributed by atoms with Crippen molar-refractivity contribution in [3.63, 3.8) is 0 Å². The van der Waals surface area contributed by atoms with Crippen molar-refractivity contribution in [3.8, 4) is 0 Å². The Morgan fingerprint density at radius 3 is 2.37 bits per heavy atom. The van der Waals surface area contributed by atoms with Crippen LogP contribution >= 0.6 is 0 Å². The number of aryl methyl sites for hydroxylation is 2. The Morgan fingerprint density at radius 1 is 1.10 bits per heavy atom. The Labute approximate surface area is 178 Å². The highest BCUT2D eigenvalue weighted by Gasteiger charge is 2.26. The van der Waals surface area contributed by atoms with Gasteiger partial charge < -0.3 is 15.2 Å². The smallest absolute Gasteiger partial charge is 0.243 e. The molecule has 1 aliphatic heterocycles. The van der Waals surface area contributed by atoms with E-state index in [9.17, 15) is 8.42 Å². The molecule has 2 heterocycles. The number of hydrogen-bond acceptors (Lipinski definition) is 5. The SMILES string of the molecule is CCc1noc(CC)c1CNC(=NC)NCc1ccc(S(=O)(=O)N2CCCC2)cc1. The average Bonchev–Trinajstić information content (AvgIpc) is 3.44. The van der Waals surface area contributed by atoms with E-state index in [0.29, 0.717) is 37.0 Å². The summed E-state index contributed by atoms with van der Waals surface area (Å²) >= 11 is 0. The highest BCUT2D eigenvalue weighted by Crippen LogP contribution is 2.21. The number of sulfonamides is 1. The molecule has 30 heavy (non-hydrogen) atoms. The zero-order chi connectivity index (χ0) is 21.6. The predicted molar refractivity (Wildman–Crippen MR) is 117 cm³/mol. The van der Waals surface area contributed by atoms with Crippen molar-refractivity contribution in [2.45, 2.75) is 57.5 Å². The van der Waals surface area contributed by atoms with Gasteiger partial charge in [0.1, 0.15) is 5.76 Å². The van der Waals surface area contributed by atoms with Gasteiger partial charge in [-0.3, -0.25) is 4.99 Å². The molecule has 1 saturated heterocycles. The lowest BCUT2D eigenvalue weighted by Gasteiger charge is -2.16. The van der Waals surface area contributed by atoms with Gasteiger partial charge in [0, 0.05) is 45.2 Å². The highest BCUT2D eigenvalue weighted by molar-refractivity contribution is 7.89. The summed E-state index contributed by atoms with van der Waals surface area (Å²) in [6, 6.07) is 7.04. The molecule has 1 fully saturated rings. The number of rotatable bonds is 8. The quantitative estimate of drug-likeness (QED) is 0.490. The second kappa shape index (κ2) is 10.1. The van der Waals surface area contributed by atoms with Crippen LogP contribution in [0.5, 0.6) is 0 Å². The van der Waals surface area contributed by atoms with E-state index in [0.717, 1.165) is 48.3 Å². The third kappa shape index (κ3) is 5.02. The molecule has 9 heteroatoms. The van der Waals surface area contributed by atoms with Crippen molar-refractivity contribution in [2.24, 2.45) is 4.99 Å². The Morgan fingerprint density at radius 2 is 1.77 bits per heavy atom. The second-order valence-corrected chi connectivity index (χ2v) is 9.21. The molecule has 3 rings (SSSR count). The summed E-state index contributed by atoms with van der Waals surface area (Å²) < 4.78 is 32.2. The average molecular weight is 434 g/mol. The van der Waals surface area contributed by atoms with Crippen molar-refractivity contribution in [1.82, 2.24) is 20.1 Å². The lowest BCUT2D eigenvalue weighted by Crippen LogP contribution is -2.36. The Hall–Kier alpha value is -2.39. The fraction of sp³-hybridized carbons (Fsp3) is 0.524. The van der Waals surface area contributed by atoms with E-state index >= 15 is 0 Å². The number of benzene rings is 1. The zero-order valence-corrected chi connectivity index (χ0v) is 18.8. The molecule has 0 bridgehead atoms. The normalized spacial score (nSPS) is 15.5. The number of nitrogens with one attached hydrogen (secondary N) is 2. The zero-order valence-electron chi connectivity index (χ0n) is 17.9. The molecule has 0 saturated carbocycles. The Bertz CT molecular complexity index is 940. The molecule has 2 aromatic rings. The summed E-state index contributed by atoms with van der Waals surface area (Å²) in [5, 5.41) is 10.7. The van der Waals surface area contributed by atoms with Crippen LogP contribution in [-0.2, 0) is 36.0 Å². The minimum Gasteiger partial charge on any atom is -0.361 e. The first-order chi connectivity index (χ1) is 14.5.